The van der Waals surface area contributed by atoms with E-state index in [-0.39, 0.29) is 0 Å². The van der Waals surface area contributed by atoms with E-state index >= 15 is 0 Å². The van der Waals surface area contributed by atoms with E-state index in [9.17, 15) is 0 Å². The van der Waals surface area contributed by atoms with E-state index in [2.05, 4.69) is 71.3 Å². The van der Waals surface area contributed by atoms with Gasteiger partial charge in [0, 0.05) is 46.0 Å². The fraction of sp³-hybridized carbons (Fsp3) is 0.571. The molecule has 2 aliphatic heterocycles. The summed E-state index contributed by atoms with van der Waals surface area (Å²) in [6.07, 6.45) is 0. The summed E-state index contributed by atoms with van der Waals surface area (Å²) in [4.78, 5) is 0. The van der Waals surface area contributed by atoms with Crippen molar-refractivity contribution in [3.05, 3.63) is 35.4 Å². The highest BCUT2D eigenvalue weighted by molar-refractivity contribution is 8.05. The molecule has 0 fully saturated rings. The third kappa shape index (κ3) is 6.18. The molecule has 0 aliphatic carbocycles. The van der Waals surface area contributed by atoms with Crippen LogP contribution in [-0.2, 0) is 11.5 Å². The minimum absolute atomic E-state index is 1.17. The van der Waals surface area contributed by atoms with E-state index in [1.54, 1.807) is 0 Å². The molecule has 0 aromatic heterocycles. The van der Waals surface area contributed by atoms with Gasteiger partial charge in [-0.1, -0.05) is 24.3 Å². The monoisotopic (exact) mass is 316 g/mol. The average Bonchev–Trinajstić information content (AvgIpc) is 2.40. The lowest BCUT2D eigenvalue weighted by Gasteiger charge is -2.07. The molecule has 0 atom stereocenters. The largest absolute Gasteiger partial charge is 0.160 e. The normalized spacial score (nSPS) is 19.8. The summed E-state index contributed by atoms with van der Waals surface area (Å²) in [6, 6.07) is 9.21. The first-order chi connectivity index (χ1) is 8.95. The second-order valence-corrected chi connectivity index (χ2v) is 8.81. The Hall–Kier alpha value is 0.620. The molecule has 0 spiro atoms. The molecule has 2 heterocycles. The molecule has 0 amide bonds. The molecular formula is C14H20S4. The maximum atomic E-state index is 2.30. The van der Waals surface area contributed by atoms with Gasteiger partial charge in [0.15, 0.2) is 0 Å². The highest BCUT2D eigenvalue weighted by Crippen LogP contribution is 2.19. The van der Waals surface area contributed by atoms with Crippen LogP contribution in [0.1, 0.15) is 11.1 Å². The topological polar surface area (TPSA) is 0 Å². The Morgan fingerprint density at radius 2 is 0.833 bits per heavy atom. The minimum Gasteiger partial charge on any atom is -0.160 e. The zero-order chi connectivity index (χ0) is 12.5. The van der Waals surface area contributed by atoms with Crippen molar-refractivity contribution in [3.8, 4) is 0 Å². The molecule has 0 nitrogen and oxygen atoms in total. The van der Waals surface area contributed by atoms with E-state index in [0.29, 0.717) is 0 Å². The molecule has 100 valence electrons. The number of thioether (sulfide) groups is 4. The van der Waals surface area contributed by atoms with Crippen molar-refractivity contribution in [1.82, 2.24) is 0 Å². The van der Waals surface area contributed by atoms with Crippen LogP contribution in [0.3, 0.4) is 0 Å². The Balaban J connectivity index is 1.84. The highest BCUT2D eigenvalue weighted by atomic mass is 32.2. The van der Waals surface area contributed by atoms with E-state index in [0.717, 1.165) is 0 Å². The molecule has 4 heteroatoms. The third-order valence-electron chi connectivity index (χ3n) is 2.68. The van der Waals surface area contributed by atoms with Crippen molar-refractivity contribution in [2.75, 3.05) is 34.5 Å². The fourth-order valence-electron chi connectivity index (χ4n) is 1.67. The predicted octanol–water partition coefficient (Wildman–Crippen LogP) is 4.63. The molecule has 0 saturated heterocycles. The van der Waals surface area contributed by atoms with Gasteiger partial charge in [0.25, 0.3) is 0 Å². The van der Waals surface area contributed by atoms with E-state index in [1.807, 2.05) is 0 Å². The van der Waals surface area contributed by atoms with Gasteiger partial charge in [-0.05, 0) is 11.1 Å². The van der Waals surface area contributed by atoms with Crippen molar-refractivity contribution in [3.63, 3.8) is 0 Å². The number of fused-ring (bicyclic) bond motifs is 13. The molecule has 2 aliphatic rings. The van der Waals surface area contributed by atoms with Crippen LogP contribution in [0.15, 0.2) is 24.3 Å². The van der Waals surface area contributed by atoms with Gasteiger partial charge in [-0.3, -0.25) is 0 Å². The molecule has 0 radical (unpaired) electrons. The van der Waals surface area contributed by atoms with Gasteiger partial charge in [-0.15, -0.1) is 0 Å². The van der Waals surface area contributed by atoms with Gasteiger partial charge in [0.05, 0.1) is 0 Å². The van der Waals surface area contributed by atoms with Crippen LogP contribution in [0.5, 0.6) is 0 Å². The zero-order valence-corrected chi connectivity index (χ0v) is 13.9. The van der Waals surface area contributed by atoms with Crippen molar-refractivity contribution in [2.45, 2.75) is 11.5 Å². The highest BCUT2D eigenvalue weighted by Gasteiger charge is 1.99. The zero-order valence-electron chi connectivity index (χ0n) is 10.6. The van der Waals surface area contributed by atoms with Gasteiger partial charge < -0.3 is 0 Å². The summed E-state index contributed by atoms with van der Waals surface area (Å²) in [5.41, 5.74) is 2.95. The molecule has 0 saturated carbocycles. The van der Waals surface area contributed by atoms with Crippen molar-refractivity contribution >= 4 is 47.0 Å². The summed E-state index contributed by atoms with van der Waals surface area (Å²) >= 11 is 8.35. The van der Waals surface area contributed by atoms with Crippen LogP contribution in [-0.4, -0.2) is 34.5 Å². The first-order valence-corrected chi connectivity index (χ1v) is 11.0. The second-order valence-electron chi connectivity index (χ2n) is 4.15. The van der Waals surface area contributed by atoms with Crippen LogP contribution >= 0.6 is 47.0 Å². The Morgan fingerprint density at radius 3 is 1.22 bits per heavy atom. The summed E-state index contributed by atoms with van der Waals surface area (Å²) < 4.78 is 0. The van der Waals surface area contributed by atoms with Crippen LogP contribution in [0, 0.1) is 0 Å². The number of hydrogen-bond acceptors (Lipinski definition) is 4. The Bertz CT molecular complexity index is 290. The van der Waals surface area contributed by atoms with Gasteiger partial charge in [-0.2, -0.15) is 47.0 Å². The quantitative estimate of drug-likeness (QED) is 0.684. The van der Waals surface area contributed by atoms with E-state index < -0.39 is 0 Å². The Morgan fingerprint density at radius 1 is 0.500 bits per heavy atom. The Kier molecular flexibility index (Phi) is 7.94. The summed E-state index contributed by atoms with van der Waals surface area (Å²) in [5.74, 6) is 10.2. The third-order valence-corrected chi connectivity index (χ3v) is 7.48. The van der Waals surface area contributed by atoms with Gasteiger partial charge in [0.1, 0.15) is 0 Å². The lowest BCUT2D eigenvalue weighted by molar-refractivity contribution is 1.33. The van der Waals surface area contributed by atoms with Gasteiger partial charge in [-0.25, -0.2) is 0 Å². The first-order valence-electron chi connectivity index (χ1n) is 6.34. The van der Waals surface area contributed by atoms with Crippen LogP contribution in [0.2, 0.25) is 0 Å². The van der Waals surface area contributed by atoms with Crippen LogP contribution < -0.4 is 0 Å². The second kappa shape index (κ2) is 9.51. The summed E-state index contributed by atoms with van der Waals surface area (Å²) in [6.45, 7) is 0. The van der Waals surface area contributed by atoms with Crippen molar-refractivity contribution < 1.29 is 0 Å². The first kappa shape index (κ1) is 15.0. The van der Waals surface area contributed by atoms with E-state index in [1.165, 1.54) is 57.1 Å². The van der Waals surface area contributed by atoms with Gasteiger partial charge >= 0.3 is 0 Å². The summed E-state index contributed by atoms with van der Waals surface area (Å²) in [7, 11) is 0. The SMILES string of the molecule is c1cc2ccc1CSCCSCCSCCSC2. The molecule has 1 aromatic carbocycles. The molecule has 18 heavy (non-hydrogen) atoms. The van der Waals surface area contributed by atoms with Crippen molar-refractivity contribution in [1.29, 1.82) is 0 Å². The Labute approximate surface area is 128 Å². The number of benzene rings is 1. The number of hydrogen-bond donors (Lipinski definition) is 0. The standard InChI is InChI=1S/C14H20S4/c1-2-14-4-3-13(1)11-17-9-7-15-5-6-16-8-10-18-12-14/h1-4H,5-12H2. The maximum absolute atomic E-state index is 2.30. The fourth-order valence-corrected chi connectivity index (χ4v) is 6.05. The minimum atomic E-state index is 1.17. The van der Waals surface area contributed by atoms with E-state index in [4.69, 9.17) is 0 Å². The maximum Gasteiger partial charge on any atom is 0.0184 e. The molecule has 0 N–H and O–H groups in total. The van der Waals surface area contributed by atoms with Crippen LogP contribution in [0.25, 0.3) is 0 Å². The average molecular weight is 317 g/mol. The lowest BCUT2D eigenvalue weighted by atomic mass is 10.2. The molecule has 3 rings (SSSR count). The molecular weight excluding hydrogens is 296 g/mol. The number of rotatable bonds is 0. The molecule has 2 bridgehead atoms. The molecule has 1 aromatic rings. The van der Waals surface area contributed by atoms with Gasteiger partial charge in [0.2, 0.25) is 0 Å². The smallest absolute Gasteiger partial charge is 0.0184 e. The van der Waals surface area contributed by atoms with Crippen LogP contribution in [0.4, 0.5) is 0 Å². The lowest BCUT2D eigenvalue weighted by Crippen LogP contribution is -1.94. The van der Waals surface area contributed by atoms with Crippen molar-refractivity contribution in [2.24, 2.45) is 0 Å². The summed E-state index contributed by atoms with van der Waals surface area (Å²) in [5, 5.41) is 0. The predicted molar refractivity (Wildman–Crippen MR) is 93.4 cm³/mol. The molecule has 0 unspecified atom stereocenters.